The first kappa shape index (κ1) is 8.93. The summed E-state index contributed by atoms with van der Waals surface area (Å²) in [6.45, 7) is 2.10. The maximum atomic E-state index is 10.6. The summed E-state index contributed by atoms with van der Waals surface area (Å²) in [5.74, 6) is 0.975. The lowest BCUT2D eigenvalue weighted by Gasteiger charge is -2.03. The minimum Gasteiger partial charge on any atom is -0.361 e. The molecular formula is C9H11N3O2. The van der Waals surface area contributed by atoms with Gasteiger partial charge in [0.1, 0.15) is 0 Å². The Labute approximate surface area is 81.3 Å². The molecule has 2 atom stereocenters. The fourth-order valence-corrected chi connectivity index (χ4v) is 1.35. The Morgan fingerprint density at radius 3 is 3.00 bits per heavy atom. The van der Waals surface area contributed by atoms with Crippen LogP contribution in [0.3, 0.4) is 0 Å². The SMILES string of the molecule is C[C@@H]1C[C@H]1Nc1ncccc1[N+](=O)[O-]. The normalized spacial score (nSPS) is 24.4. The Morgan fingerprint density at radius 2 is 2.43 bits per heavy atom. The van der Waals surface area contributed by atoms with E-state index >= 15 is 0 Å². The number of nitrogens with zero attached hydrogens (tertiary/aromatic N) is 2. The van der Waals surface area contributed by atoms with Crippen LogP contribution in [0.5, 0.6) is 0 Å². The van der Waals surface area contributed by atoms with Crippen molar-refractivity contribution in [3.63, 3.8) is 0 Å². The Balaban J connectivity index is 2.19. The van der Waals surface area contributed by atoms with Crippen molar-refractivity contribution in [1.82, 2.24) is 4.98 Å². The van der Waals surface area contributed by atoms with Gasteiger partial charge in [0.15, 0.2) is 0 Å². The molecule has 1 N–H and O–H groups in total. The highest BCUT2D eigenvalue weighted by atomic mass is 16.6. The number of hydrogen-bond donors (Lipinski definition) is 1. The van der Waals surface area contributed by atoms with Gasteiger partial charge in [-0.05, 0) is 18.4 Å². The Bertz CT molecular complexity index is 367. The second-order valence-corrected chi connectivity index (χ2v) is 3.59. The van der Waals surface area contributed by atoms with Gasteiger partial charge in [-0.15, -0.1) is 0 Å². The van der Waals surface area contributed by atoms with Crippen LogP contribution in [0, 0.1) is 16.0 Å². The largest absolute Gasteiger partial charge is 0.361 e. The van der Waals surface area contributed by atoms with Crippen LogP contribution < -0.4 is 5.32 Å². The van der Waals surface area contributed by atoms with E-state index in [1.54, 1.807) is 12.3 Å². The molecule has 0 amide bonds. The van der Waals surface area contributed by atoms with Gasteiger partial charge in [0, 0.05) is 18.3 Å². The average molecular weight is 193 g/mol. The fourth-order valence-electron chi connectivity index (χ4n) is 1.35. The topological polar surface area (TPSA) is 68.1 Å². The van der Waals surface area contributed by atoms with Crippen molar-refractivity contribution in [3.05, 3.63) is 28.4 Å². The Morgan fingerprint density at radius 1 is 1.71 bits per heavy atom. The smallest absolute Gasteiger partial charge is 0.311 e. The van der Waals surface area contributed by atoms with Crippen LogP contribution in [0.15, 0.2) is 18.3 Å². The number of rotatable bonds is 3. The molecule has 0 unspecified atom stereocenters. The molecule has 5 nitrogen and oxygen atoms in total. The van der Waals surface area contributed by atoms with E-state index in [1.807, 2.05) is 0 Å². The fraction of sp³-hybridized carbons (Fsp3) is 0.444. The summed E-state index contributed by atoms with van der Waals surface area (Å²) in [6, 6.07) is 3.38. The van der Waals surface area contributed by atoms with E-state index in [2.05, 4.69) is 17.2 Å². The van der Waals surface area contributed by atoms with Gasteiger partial charge in [0.25, 0.3) is 0 Å². The highest BCUT2D eigenvalue weighted by Crippen LogP contribution is 2.34. The lowest BCUT2D eigenvalue weighted by Crippen LogP contribution is -2.07. The predicted octanol–water partition coefficient (Wildman–Crippen LogP) is 1.81. The molecule has 74 valence electrons. The molecule has 0 aromatic carbocycles. The Hall–Kier alpha value is -1.65. The van der Waals surface area contributed by atoms with Crippen LogP contribution in [0.25, 0.3) is 0 Å². The molecule has 1 heterocycles. The third-order valence-corrected chi connectivity index (χ3v) is 2.41. The summed E-state index contributed by atoms with van der Waals surface area (Å²) in [7, 11) is 0. The van der Waals surface area contributed by atoms with Crippen LogP contribution in [-0.4, -0.2) is 15.9 Å². The van der Waals surface area contributed by atoms with Crippen molar-refractivity contribution >= 4 is 11.5 Å². The monoisotopic (exact) mass is 193 g/mol. The first-order valence-corrected chi connectivity index (χ1v) is 4.54. The number of aromatic nitrogens is 1. The molecule has 0 spiro atoms. The first-order chi connectivity index (χ1) is 6.68. The number of nitrogens with one attached hydrogen (secondary N) is 1. The van der Waals surface area contributed by atoms with Crippen molar-refractivity contribution in [1.29, 1.82) is 0 Å². The quantitative estimate of drug-likeness (QED) is 0.587. The summed E-state index contributed by atoms with van der Waals surface area (Å²) in [4.78, 5) is 14.2. The number of pyridine rings is 1. The third-order valence-electron chi connectivity index (χ3n) is 2.41. The molecule has 5 heteroatoms. The van der Waals surface area contributed by atoms with Gasteiger partial charge in [0.05, 0.1) is 4.92 Å². The average Bonchev–Trinajstić information content (AvgIpc) is 2.82. The highest BCUT2D eigenvalue weighted by Gasteiger charge is 2.34. The second-order valence-electron chi connectivity index (χ2n) is 3.59. The third kappa shape index (κ3) is 1.66. The summed E-state index contributed by atoms with van der Waals surface area (Å²) in [5, 5.41) is 13.7. The number of nitro groups is 1. The standard InChI is InChI=1S/C9H11N3O2/c1-6-5-7(6)11-9-8(12(13)14)3-2-4-10-9/h2-4,6-7H,5H2,1H3,(H,10,11)/t6-,7-/m1/s1. The van der Waals surface area contributed by atoms with Crippen LogP contribution in [0.2, 0.25) is 0 Å². The first-order valence-electron chi connectivity index (χ1n) is 4.54. The lowest BCUT2D eigenvalue weighted by atomic mass is 10.4. The summed E-state index contributed by atoms with van der Waals surface area (Å²) < 4.78 is 0. The number of anilines is 1. The molecular weight excluding hydrogens is 182 g/mol. The maximum absolute atomic E-state index is 10.6. The van der Waals surface area contributed by atoms with Crippen molar-refractivity contribution in [2.45, 2.75) is 19.4 Å². The van der Waals surface area contributed by atoms with Gasteiger partial charge in [-0.1, -0.05) is 6.92 Å². The minimum atomic E-state index is -0.414. The molecule has 0 bridgehead atoms. The molecule has 1 aliphatic carbocycles. The van der Waals surface area contributed by atoms with Crippen LogP contribution in [0.4, 0.5) is 11.5 Å². The van der Waals surface area contributed by atoms with E-state index in [0.717, 1.165) is 6.42 Å². The van der Waals surface area contributed by atoms with Crippen molar-refractivity contribution in [2.24, 2.45) is 5.92 Å². The Kier molecular flexibility index (Phi) is 2.07. The maximum Gasteiger partial charge on any atom is 0.311 e. The molecule has 2 rings (SSSR count). The molecule has 0 radical (unpaired) electrons. The van der Waals surface area contributed by atoms with Gasteiger partial charge in [-0.3, -0.25) is 10.1 Å². The van der Waals surface area contributed by atoms with Crippen LogP contribution >= 0.6 is 0 Å². The van der Waals surface area contributed by atoms with Gasteiger partial charge < -0.3 is 5.32 Å². The van der Waals surface area contributed by atoms with E-state index in [4.69, 9.17) is 0 Å². The summed E-state index contributed by atoms with van der Waals surface area (Å²) in [6.07, 6.45) is 2.62. The van der Waals surface area contributed by atoms with Crippen molar-refractivity contribution < 1.29 is 4.92 Å². The van der Waals surface area contributed by atoms with E-state index in [-0.39, 0.29) is 5.69 Å². The van der Waals surface area contributed by atoms with Crippen LogP contribution in [0.1, 0.15) is 13.3 Å². The van der Waals surface area contributed by atoms with Gasteiger partial charge in [-0.25, -0.2) is 4.98 Å². The minimum absolute atomic E-state index is 0.0478. The highest BCUT2D eigenvalue weighted by molar-refractivity contribution is 5.56. The molecule has 0 aliphatic heterocycles. The van der Waals surface area contributed by atoms with Gasteiger partial charge in [-0.2, -0.15) is 0 Å². The molecule has 1 saturated carbocycles. The molecule has 1 fully saturated rings. The van der Waals surface area contributed by atoms with E-state index < -0.39 is 4.92 Å². The van der Waals surface area contributed by atoms with Gasteiger partial charge >= 0.3 is 5.69 Å². The van der Waals surface area contributed by atoms with Crippen molar-refractivity contribution in [2.75, 3.05) is 5.32 Å². The summed E-state index contributed by atoms with van der Waals surface area (Å²) in [5.41, 5.74) is 0.0478. The molecule has 14 heavy (non-hydrogen) atoms. The number of hydrogen-bond acceptors (Lipinski definition) is 4. The molecule has 0 saturated heterocycles. The zero-order valence-corrected chi connectivity index (χ0v) is 7.80. The second kappa shape index (κ2) is 3.25. The van der Waals surface area contributed by atoms with E-state index in [9.17, 15) is 10.1 Å². The zero-order valence-electron chi connectivity index (χ0n) is 7.80. The van der Waals surface area contributed by atoms with Crippen LogP contribution in [-0.2, 0) is 0 Å². The van der Waals surface area contributed by atoms with E-state index in [0.29, 0.717) is 17.8 Å². The molecule has 1 aliphatic rings. The summed E-state index contributed by atoms with van der Waals surface area (Å²) >= 11 is 0. The predicted molar refractivity (Wildman–Crippen MR) is 52.1 cm³/mol. The zero-order chi connectivity index (χ0) is 10.1. The lowest BCUT2D eigenvalue weighted by molar-refractivity contribution is -0.384. The van der Waals surface area contributed by atoms with Gasteiger partial charge in [0.2, 0.25) is 5.82 Å². The molecule has 1 aromatic heterocycles. The van der Waals surface area contributed by atoms with E-state index in [1.165, 1.54) is 6.07 Å². The molecule has 1 aromatic rings. The van der Waals surface area contributed by atoms with Crippen molar-refractivity contribution in [3.8, 4) is 0 Å².